The molecule has 1 aliphatic heterocycles. The number of amides is 1. The molecule has 0 saturated carbocycles. The molecule has 3 rings (SSSR count). The Morgan fingerprint density at radius 1 is 1.39 bits per heavy atom. The van der Waals surface area contributed by atoms with Gasteiger partial charge in [-0.05, 0) is 50.2 Å². The molecular weight excluding hydrogens is 244 g/mol. The average molecular weight is 260 g/mol. The number of carbonyl (C=O) groups is 1. The monoisotopic (exact) mass is 260 g/mol. The molecule has 1 aliphatic carbocycles. The predicted octanol–water partition coefficient (Wildman–Crippen LogP) is 2.76. The van der Waals surface area contributed by atoms with Crippen molar-refractivity contribution in [1.82, 2.24) is 4.90 Å². The Bertz CT molecular complexity index is 493. The molecule has 1 fully saturated rings. The quantitative estimate of drug-likeness (QED) is 0.779. The maximum Gasteiger partial charge on any atom is 0.265 e. The van der Waals surface area contributed by atoms with Crippen LogP contribution in [0.5, 0.6) is 0 Å². The number of hydrogen-bond acceptors (Lipinski definition) is 3. The Kier molecular flexibility index (Phi) is 3.09. The summed E-state index contributed by atoms with van der Waals surface area (Å²) >= 11 is 1.64. The van der Waals surface area contributed by atoms with Gasteiger partial charge >= 0.3 is 0 Å². The van der Waals surface area contributed by atoms with Crippen molar-refractivity contribution >= 4 is 17.2 Å². The summed E-state index contributed by atoms with van der Waals surface area (Å²) in [5, 5.41) is 9.13. The van der Waals surface area contributed by atoms with Crippen molar-refractivity contribution in [3.05, 3.63) is 21.4 Å². The zero-order valence-electron chi connectivity index (χ0n) is 10.3. The number of carbonyl (C=O) groups excluding carboxylic acids is 1. The van der Waals surface area contributed by atoms with Crippen LogP contribution in [0.15, 0.2) is 6.07 Å². The number of likely N-dealkylation sites (tertiary alicyclic amines) is 1. The van der Waals surface area contributed by atoms with Crippen molar-refractivity contribution < 1.29 is 4.79 Å². The summed E-state index contributed by atoms with van der Waals surface area (Å²) in [5.41, 5.74) is 1.36. The summed E-state index contributed by atoms with van der Waals surface area (Å²) in [5.74, 6) is 0.0700. The van der Waals surface area contributed by atoms with E-state index in [9.17, 15) is 4.79 Å². The molecule has 0 N–H and O–H groups in total. The van der Waals surface area contributed by atoms with Gasteiger partial charge in [0.2, 0.25) is 0 Å². The average Bonchev–Trinajstić information content (AvgIpc) is 2.98. The van der Waals surface area contributed by atoms with Crippen molar-refractivity contribution in [3.8, 4) is 6.07 Å². The van der Waals surface area contributed by atoms with Crippen LogP contribution < -0.4 is 0 Å². The SMILES string of the molecule is N#CC1CCCCN1C(=O)c1cc2c(s1)CCC2. The number of nitrogens with zero attached hydrogens (tertiary/aromatic N) is 2. The van der Waals surface area contributed by atoms with Gasteiger partial charge in [0.1, 0.15) is 6.04 Å². The lowest BCUT2D eigenvalue weighted by Crippen LogP contribution is -2.42. The minimum atomic E-state index is -0.219. The third kappa shape index (κ3) is 1.93. The van der Waals surface area contributed by atoms with Crippen LogP contribution in [0.2, 0.25) is 0 Å². The molecule has 0 aromatic carbocycles. The summed E-state index contributed by atoms with van der Waals surface area (Å²) in [6.45, 7) is 0.736. The summed E-state index contributed by atoms with van der Waals surface area (Å²) in [6.07, 6.45) is 6.36. The van der Waals surface area contributed by atoms with Gasteiger partial charge < -0.3 is 4.90 Å². The highest BCUT2D eigenvalue weighted by molar-refractivity contribution is 7.14. The lowest BCUT2D eigenvalue weighted by atomic mass is 10.0. The molecule has 1 saturated heterocycles. The van der Waals surface area contributed by atoms with Crippen LogP contribution >= 0.6 is 11.3 Å². The molecule has 1 atom stereocenters. The van der Waals surface area contributed by atoms with E-state index in [2.05, 4.69) is 12.1 Å². The molecular formula is C14H16N2OS. The Labute approximate surface area is 111 Å². The first-order valence-electron chi connectivity index (χ1n) is 6.62. The van der Waals surface area contributed by atoms with Gasteiger partial charge in [0.15, 0.2) is 0 Å². The number of fused-ring (bicyclic) bond motifs is 1. The number of hydrogen-bond donors (Lipinski definition) is 0. The maximum absolute atomic E-state index is 12.5. The van der Waals surface area contributed by atoms with Gasteiger partial charge in [0.25, 0.3) is 5.91 Å². The minimum absolute atomic E-state index is 0.0700. The molecule has 3 nitrogen and oxygen atoms in total. The highest BCUT2D eigenvalue weighted by Crippen LogP contribution is 2.32. The topological polar surface area (TPSA) is 44.1 Å². The van der Waals surface area contributed by atoms with Gasteiger partial charge in [-0.15, -0.1) is 11.3 Å². The largest absolute Gasteiger partial charge is 0.322 e. The Morgan fingerprint density at radius 3 is 3.06 bits per heavy atom. The molecule has 4 heteroatoms. The molecule has 94 valence electrons. The number of nitriles is 1. The molecule has 2 heterocycles. The first-order valence-corrected chi connectivity index (χ1v) is 7.43. The van der Waals surface area contributed by atoms with Crippen LogP contribution in [0, 0.1) is 11.3 Å². The van der Waals surface area contributed by atoms with E-state index >= 15 is 0 Å². The van der Waals surface area contributed by atoms with Gasteiger partial charge in [0.05, 0.1) is 10.9 Å². The third-order valence-electron chi connectivity index (χ3n) is 3.87. The summed E-state index contributed by atoms with van der Waals surface area (Å²) < 4.78 is 0. The number of rotatable bonds is 1. The van der Waals surface area contributed by atoms with Crippen molar-refractivity contribution in [2.45, 2.75) is 44.6 Å². The molecule has 0 spiro atoms. The van der Waals surface area contributed by atoms with Gasteiger partial charge in [0, 0.05) is 11.4 Å². The van der Waals surface area contributed by atoms with Gasteiger partial charge in [-0.2, -0.15) is 5.26 Å². The second-order valence-electron chi connectivity index (χ2n) is 5.05. The lowest BCUT2D eigenvalue weighted by Gasteiger charge is -2.30. The summed E-state index contributed by atoms with van der Waals surface area (Å²) in [7, 11) is 0. The molecule has 0 bridgehead atoms. The summed E-state index contributed by atoms with van der Waals surface area (Å²) in [6, 6.07) is 4.10. The van der Waals surface area contributed by atoms with E-state index in [0.29, 0.717) is 0 Å². The minimum Gasteiger partial charge on any atom is -0.322 e. The standard InChI is InChI=1S/C14H16N2OS/c15-9-11-5-1-2-7-16(11)14(17)13-8-10-4-3-6-12(10)18-13/h8,11H,1-7H2. The molecule has 1 unspecified atom stereocenters. The summed E-state index contributed by atoms with van der Waals surface area (Å²) in [4.78, 5) is 16.4. The van der Waals surface area contributed by atoms with E-state index in [-0.39, 0.29) is 11.9 Å². The zero-order chi connectivity index (χ0) is 12.5. The van der Waals surface area contributed by atoms with Gasteiger partial charge in [-0.25, -0.2) is 0 Å². The zero-order valence-corrected chi connectivity index (χ0v) is 11.1. The van der Waals surface area contributed by atoms with E-state index in [0.717, 1.165) is 43.5 Å². The van der Waals surface area contributed by atoms with E-state index in [1.807, 2.05) is 0 Å². The normalized spacial score (nSPS) is 22.6. The molecule has 18 heavy (non-hydrogen) atoms. The van der Waals surface area contributed by atoms with Gasteiger partial charge in [-0.1, -0.05) is 0 Å². The molecule has 1 amide bonds. The number of thiophene rings is 1. The first kappa shape index (κ1) is 11.7. The first-order chi connectivity index (χ1) is 8.79. The van der Waals surface area contributed by atoms with E-state index < -0.39 is 0 Å². The van der Waals surface area contributed by atoms with Crippen LogP contribution in [0.1, 0.15) is 45.8 Å². The predicted molar refractivity (Wildman–Crippen MR) is 70.6 cm³/mol. The fourth-order valence-electron chi connectivity index (χ4n) is 2.88. The van der Waals surface area contributed by atoms with E-state index in [4.69, 9.17) is 5.26 Å². The maximum atomic E-state index is 12.5. The van der Waals surface area contributed by atoms with Crippen molar-refractivity contribution in [2.24, 2.45) is 0 Å². The van der Waals surface area contributed by atoms with Crippen LogP contribution in [0.4, 0.5) is 0 Å². The van der Waals surface area contributed by atoms with Crippen molar-refractivity contribution in [2.75, 3.05) is 6.54 Å². The fraction of sp³-hybridized carbons (Fsp3) is 0.571. The Morgan fingerprint density at radius 2 is 2.28 bits per heavy atom. The van der Waals surface area contributed by atoms with E-state index in [1.165, 1.54) is 16.9 Å². The van der Waals surface area contributed by atoms with Crippen LogP contribution in [-0.4, -0.2) is 23.4 Å². The van der Waals surface area contributed by atoms with E-state index in [1.54, 1.807) is 16.2 Å². The highest BCUT2D eigenvalue weighted by atomic mass is 32.1. The molecule has 0 radical (unpaired) electrons. The molecule has 2 aliphatic rings. The Balaban J connectivity index is 1.82. The van der Waals surface area contributed by atoms with Crippen LogP contribution in [0.3, 0.4) is 0 Å². The van der Waals surface area contributed by atoms with Crippen molar-refractivity contribution in [3.63, 3.8) is 0 Å². The fourth-order valence-corrected chi connectivity index (χ4v) is 4.09. The van der Waals surface area contributed by atoms with Crippen LogP contribution in [0.25, 0.3) is 0 Å². The molecule has 1 aromatic heterocycles. The second kappa shape index (κ2) is 4.74. The van der Waals surface area contributed by atoms with Crippen LogP contribution in [-0.2, 0) is 12.8 Å². The third-order valence-corrected chi connectivity index (χ3v) is 5.10. The number of piperidine rings is 1. The van der Waals surface area contributed by atoms with Gasteiger partial charge in [-0.3, -0.25) is 4.79 Å². The lowest BCUT2D eigenvalue weighted by molar-refractivity contribution is 0.0675. The smallest absolute Gasteiger partial charge is 0.265 e. The molecule has 1 aromatic rings. The Hall–Kier alpha value is -1.34. The number of aryl methyl sites for hydroxylation is 2. The highest BCUT2D eigenvalue weighted by Gasteiger charge is 2.29. The van der Waals surface area contributed by atoms with Crippen molar-refractivity contribution in [1.29, 1.82) is 5.26 Å². The second-order valence-corrected chi connectivity index (χ2v) is 6.19.